The first kappa shape index (κ1) is 18.4. The molecule has 0 heterocycles. The van der Waals surface area contributed by atoms with Gasteiger partial charge in [0.25, 0.3) is 0 Å². The Hall–Kier alpha value is -1.58. The second kappa shape index (κ2) is 11.3. The van der Waals surface area contributed by atoms with E-state index < -0.39 is 11.9 Å². The summed E-state index contributed by atoms with van der Waals surface area (Å²) in [5, 5.41) is 0. The maximum atomic E-state index is 11.3. The highest BCUT2D eigenvalue weighted by Gasteiger charge is 2.06. The van der Waals surface area contributed by atoms with Crippen molar-refractivity contribution in [1.29, 1.82) is 0 Å². The number of primary amides is 1. The lowest BCUT2D eigenvalue weighted by molar-refractivity contribution is -0.137. The molecule has 0 aliphatic carbocycles. The fourth-order valence-corrected chi connectivity index (χ4v) is 1.76. The average molecular weight is 281 g/mol. The molecule has 20 heavy (non-hydrogen) atoms. The third-order valence-corrected chi connectivity index (χ3v) is 3.01. The van der Waals surface area contributed by atoms with Gasteiger partial charge in [-0.1, -0.05) is 45.6 Å². The minimum absolute atomic E-state index is 0.0692. The Labute approximate surface area is 122 Å². The lowest BCUT2D eigenvalue weighted by atomic mass is 10.0. The van der Waals surface area contributed by atoms with Crippen LogP contribution >= 0.6 is 0 Å². The summed E-state index contributed by atoms with van der Waals surface area (Å²) in [7, 11) is 0. The number of hydrogen-bond donors (Lipinski definition) is 1. The van der Waals surface area contributed by atoms with Crippen LogP contribution in [-0.2, 0) is 14.3 Å². The quantitative estimate of drug-likeness (QED) is 0.359. The Bertz CT molecular complexity index is 359. The lowest BCUT2D eigenvalue weighted by Gasteiger charge is -2.05. The van der Waals surface area contributed by atoms with Crippen LogP contribution in [0, 0.1) is 0 Å². The van der Waals surface area contributed by atoms with E-state index >= 15 is 0 Å². The Kier molecular flexibility index (Phi) is 10.4. The molecule has 0 atom stereocenters. The summed E-state index contributed by atoms with van der Waals surface area (Å²) >= 11 is 0. The topological polar surface area (TPSA) is 69.4 Å². The predicted molar refractivity (Wildman–Crippen MR) is 81.0 cm³/mol. The van der Waals surface area contributed by atoms with Crippen molar-refractivity contribution in [2.75, 3.05) is 6.61 Å². The van der Waals surface area contributed by atoms with Crippen LogP contribution in [0.5, 0.6) is 0 Å². The fourth-order valence-electron chi connectivity index (χ4n) is 1.76. The van der Waals surface area contributed by atoms with E-state index in [-0.39, 0.29) is 6.61 Å². The predicted octanol–water partition coefficient (Wildman–Crippen LogP) is 3.27. The Morgan fingerprint density at radius 3 is 2.30 bits per heavy atom. The maximum absolute atomic E-state index is 11.3. The molecular weight excluding hydrogens is 254 g/mol. The van der Waals surface area contributed by atoms with Crippen LogP contribution in [0.25, 0.3) is 0 Å². The second-order valence-corrected chi connectivity index (χ2v) is 4.99. The van der Waals surface area contributed by atoms with Gasteiger partial charge in [-0.25, -0.2) is 4.79 Å². The third-order valence-electron chi connectivity index (χ3n) is 3.01. The van der Waals surface area contributed by atoms with Crippen molar-refractivity contribution in [1.82, 2.24) is 0 Å². The van der Waals surface area contributed by atoms with Gasteiger partial charge >= 0.3 is 5.97 Å². The molecule has 0 rings (SSSR count). The number of rotatable bonds is 11. The number of ether oxygens (including phenoxy) is 1. The number of carbonyl (C=O) groups is 2. The molecule has 0 aromatic rings. The highest BCUT2D eigenvalue weighted by Crippen LogP contribution is 2.11. The van der Waals surface area contributed by atoms with E-state index in [1.54, 1.807) is 13.0 Å². The number of unbranched alkanes of at least 4 members (excludes halogenated alkanes) is 5. The second-order valence-electron chi connectivity index (χ2n) is 4.99. The third kappa shape index (κ3) is 9.36. The summed E-state index contributed by atoms with van der Waals surface area (Å²) in [5.41, 5.74) is 6.19. The summed E-state index contributed by atoms with van der Waals surface area (Å²) in [6.07, 6.45) is 9.17. The van der Waals surface area contributed by atoms with E-state index in [4.69, 9.17) is 10.5 Å². The van der Waals surface area contributed by atoms with Gasteiger partial charge in [0, 0.05) is 11.1 Å². The van der Waals surface area contributed by atoms with E-state index in [1.807, 2.05) is 0 Å². The molecule has 0 bridgehead atoms. The van der Waals surface area contributed by atoms with Crippen LogP contribution in [0.15, 0.2) is 23.8 Å². The monoisotopic (exact) mass is 281 g/mol. The number of esters is 1. The molecule has 2 N–H and O–H groups in total. The van der Waals surface area contributed by atoms with Crippen molar-refractivity contribution >= 4 is 11.9 Å². The van der Waals surface area contributed by atoms with Gasteiger partial charge in [-0.2, -0.15) is 0 Å². The van der Waals surface area contributed by atoms with Crippen LogP contribution in [0.3, 0.4) is 0 Å². The van der Waals surface area contributed by atoms with Gasteiger partial charge in [0.15, 0.2) is 0 Å². The molecule has 4 heteroatoms. The molecule has 0 aromatic carbocycles. The largest absolute Gasteiger partial charge is 0.458 e. The summed E-state index contributed by atoms with van der Waals surface area (Å²) in [6, 6.07) is 0. The minimum Gasteiger partial charge on any atom is -0.458 e. The number of carbonyl (C=O) groups excluding carboxylic acids is 2. The van der Waals surface area contributed by atoms with Crippen molar-refractivity contribution in [3.8, 4) is 0 Å². The van der Waals surface area contributed by atoms with Crippen LogP contribution in [-0.4, -0.2) is 18.5 Å². The number of nitrogens with two attached hydrogens (primary N) is 1. The zero-order valence-electron chi connectivity index (χ0n) is 12.7. The number of hydrogen-bond acceptors (Lipinski definition) is 3. The van der Waals surface area contributed by atoms with Gasteiger partial charge in [-0.15, -0.1) is 0 Å². The molecular formula is C16H27NO3. The lowest BCUT2D eigenvalue weighted by Crippen LogP contribution is -2.15. The van der Waals surface area contributed by atoms with Gasteiger partial charge in [0.2, 0.25) is 5.91 Å². The zero-order chi connectivity index (χ0) is 15.4. The highest BCUT2D eigenvalue weighted by atomic mass is 16.5. The molecule has 1 amide bonds. The molecule has 0 saturated carbocycles. The SMILES string of the molecule is C=C(C)C(=O)OC/C=C(\CCCCCCCC)C(N)=O. The van der Waals surface area contributed by atoms with Gasteiger partial charge in [-0.3, -0.25) is 4.79 Å². The van der Waals surface area contributed by atoms with E-state index in [9.17, 15) is 9.59 Å². The van der Waals surface area contributed by atoms with Crippen LogP contribution in [0.1, 0.15) is 58.8 Å². The minimum atomic E-state index is -0.454. The molecule has 0 aliphatic rings. The summed E-state index contributed by atoms with van der Waals surface area (Å²) in [4.78, 5) is 22.5. The molecule has 114 valence electrons. The maximum Gasteiger partial charge on any atom is 0.333 e. The van der Waals surface area contributed by atoms with Crippen LogP contribution in [0.4, 0.5) is 0 Å². The van der Waals surface area contributed by atoms with Crippen molar-refractivity contribution in [2.45, 2.75) is 58.8 Å². The van der Waals surface area contributed by atoms with Gasteiger partial charge in [0.05, 0.1) is 0 Å². The molecule has 0 radical (unpaired) electrons. The molecule has 4 nitrogen and oxygen atoms in total. The smallest absolute Gasteiger partial charge is 0.333 e. The standard InChI is InChI=1S/C16H27NO3/c1-4-5-6-7-8-9-10-14(15(17)18)11-12-20-16(19)13(2)3/h11H,2,4-10,12H2,1,3H3,(H2,17,18)/b14-11+. The summed E-state index contributed by atoms with van der Waals surface area (Å²) in [5.74, 6) is -0.894. The first-order valence-electron chi connectivity index (χ1n) is 7.30. The highest BCUT2D eigenvalue weighted by molar-refractivity contribution is 5.92. The van der Waals surface area contributed by atoms with Crippen LogP contribution in [0.2, 0.25) is 0 Å². The molecule has 0 unspecified atom stereocenters. The first-order chi connectivity index (χ1) is 9.49. The van der Waals surface area contributed by atoms with Crippen molar-refractivity contribution in [2.24, 2.45) is 5.73 Å². The van der Waals surface area contributed by atoms with Crippen LogP contribution < -0.4 is 5.73 Å². The molecule has 0 fully saturated rings. The molecule has 0 spiro atoms. The van der Waals surface area contributed by atoms with E-state index in [2.05, 4.69) is 13.5 Å². The van der Waals surface area contributed by atoms with E-state index in [0.717, 1.165) is 12.8 Å². The molecule has 0 aromatic heterocycles. The van der Waals surface area contributed by atoms with Gasteiger partial charge in [0.1, 0.15) is 6.61 Å². The van der Waals surface area contributed by atoms with E-state index in [0.29, 0.717) is 17.6 Å². The van der Waals surface area contributed by atoms with Gasteiger partial charge in [-0.05, 0) is 25.8 Å². The van der Waals surface area contributed by atoms with Crippen molar-refractivity contribution in [3.63, 3.8) is 0 Å². The Morgan fingerprint density at radius 1 is 1.15 bits per heavy atom. The molecule has 0 saturated heterocycles. The summed E-state index contributed by atoms with van der Waals surface area (Å²) in [6.45, 7) is 7.32. The average Bonchev–Trinajstić information content (AvgIpc) is 2.39. The fraction of sp³-hybridized carbons (Fsp3) is 0.625. The zero-order valence-corrected chi connectivity index (χ0v) is 12.7. The Morgan fingerprint density at radius 2 is 1.75 bits per heavy atom. The van der Waals surface area contributed by atoms with Crippen molar-refractivity contribution in [3.05, 3.63) is 23.8 Å². The number of amides is 1. The normalized spacial score (nSPS) is 11.2. The Balaban J connectivity index is 4.00. The van der Waals surface area contributed by atoms with Gasteiger partial charge < -0.3 is 10.5 Å². The first-order valence-corrected chi connectivity index (χ1v) is 7.30. The molecule has 0 aliphatic heterocycles. The summed E-state index contributed by atoms with van der Waals surface area (Å²) < 4.78 is 4.92. The van der Waals surface area contributed by atoms with Crippen molar-refractivity contribution < 1.29 is 14.3 Å². The van der Waals surface area contributed by atoms with E-state index in [1.165, 1.54) is 25.7 Å².